The zero-order chi connectivity index (χ0) is 13.1. The molecule has 0 aliphatic rings. The third kappa shape index (κ3) is 7.32. The smallest absolute Gasteiger partial charge is 0.0218 e. The molecule has 2 nitrogen and oxygen atoms in total. The van der Waals surface area contributed by atoms with Crippen molar-refractivity contribution in [3.05, 3.63) is 0 Å². The molecule has 3 heteroatoms. The van der Waals surface area contributed by atoms with Gasteiger partial charge in [-0.1, -0.05) is 33.6 Å². The Morgan fingerprint density at radius 1 is 1.18 bits per heavy atom. The lowest BCUT2D eigenvalue weighted by molar-refractivity contribution is 0.165. The van der Waals surface area contributed by atoms with E-state index in [1.165, 1.54) is 38.0 Å². The summed E-state index contributed by atoms with van der Waals surface area (Å²) in [6, 6.07) is 0.591. The highest BCUT2D eigenvalue weighted by Gasteiger charge is 2.17. The van der Waals surface area contributed by atoms with Crippen LogP contribution in [0.15, 0.2) is 0 Å². The summed E-state index contributed by atoms with van der Waals surface area (Å²) in [7, 11) is 0. The van der Waals surface area contributed by atoms with Gasteiger partial charge in [0.05, 0.1) is 0 Å². The molecule has 0 aliphatic heterocycles. The highest BCUT2D eigenvalue weighted by Crippen LogP contribution is 2.15. The van der Waals surface area contributed by atoms with Gasteiger partial charge in [0.2, 0.25) is 0 Å². The molecule has 0 aliphatic carbocycles. The average Bonchev–Trinajstić information content (AvgIpc) is 2.37. The first kappa shape index (κ1) is 17.3. The number of hydrogen-bond donors (Lipinski definition) is 1. The number of thioether (sulfide) groups is 1. The minimum Gasteiger partial charge on any atom is -0.329 e. The summed E-state index contributed by atoms with van der Waals surface area (Å²) in [6.07, 6.45) is 7.30. The Balaban J connectivity index is 4.16. The molecule has 0 spiro atoms. The van der Waals surface area contributed by atoms with Crippen molar-refractivity contribution in [2.24, 2.45) is 11.7 Å². The Morgan fingerprint density at radius 3 is 2.24 bits per heavy atom. The molecule has 0 bridgehead atoms. The van der Waals surface area contributed by atoms with Gasteiger partial charge >= 0.3 is 0 Å². The van der Waals surface area contributed by atoms with Crippen LogP contribution in [0, 0.1) is 5.92 Å². The van der Waals surface area contributed by atoms with Gasteiger partial charge in [-0.15, -0.1) is 0 Å². The maximum atomic E-state index is 5.94. The molecule has 0 saturated carbocycles. The lowest BCUT2D eigenvalue weighted by atomic mass is 10.0. The standard InChI is InChI=1S/C14H32N2S/c1-5-13(6-2)12-16(7-3)14(11-15)9-8-10-17-4/h13-14H,5-12,15H2,1-4H3. The predicted molar refractivity (Wildman–Crippen MR) is 81.8 cm³/mol. The molecule has 1 atom stereocenters. The van der Waals surface area contributed by atoms with Gasteiger partial charge in [0, 0.05) is 19.1 Å². The summed E-state index contributed by atoms with van der Waals surface area (Å²) in [5, 5.41) is 0. The summed E-state index contributed by atoms with van der Waals surface area (Å²) in [5.41, 5.74) is 5.94. The van der Waals surface area contributed by atoms with Gasteiger partial charge in [-0.2, -0.15) is 11.8 Å². The van der Waals surface area contributed by atoms with E-state index in [0.717, 1.165) is 19.0 Å². The van der Waals surface area contributed by atoms with E-state index in [1.54, 1.807) is 0 Å². The molecule has 17 heavy (non-hydrogen) atoms. The van der Waals surface area contributed by atoms with Crippen molar-refractivity contribution < 1.29 is 0 Å². The first-order valence-electron chi connectivity index (χ1n) is 7.16. The number of hydrogen-bond acceptors (Lipinski definition) is 3. The van der Waals surface area contributed by atoms with Gasteiger partial charge in [0.15, 0.2) is 0 Å². The van der Waals surface area contributed by atoms with E-state index in [-0.39, 0.29) is 0 Å². The van der Waals surface area contributed by atoms with Crippen molar-refractivity contribution in [2.45, 2.75) is 52.5 Å². The fraction of sp³-hybridized carbons (Fsp3) is 1.00. The number of nitrogens with zero attached hydrogens (tertiary/aromatic N) is 1. The Hall–Kier alpha value is 0.270. The molecule has 1 unspecified atom stereocenters. The molecular weight excluding hydrogens is 228 g/mol. The van der Waals surface area contributed by atoms with E-state index in [0.29, 0.717) is 6.04 Å². The van der Waals surface area contributed by atoms with E-state index in [9.17, 15) is 0 Å². The van der Waals surface area contributed by atoms with Gasteiger partial charge < -0.3 is 5.73 Å². The molecule has 0 aromatic rings. The number of rotatable bonds is 11. The maximum absolute atomic E-state index is 5.94. The van der Waals surface area contributed by atoms with E-state index >= 15 is 0 Å². The van der Waals surface area contributed by atoms with Crippen LogP contribution in [-0.4, -0.2) is 42.6 Å². The van der Waals surface area contributed by atoms with Gasteiger partial charge in [-0.25, -0.2) is 0 Å². The van der Waals surface area contributed by atoms with Gasteiger partial charge in [0.1, 0.15) is 0 Å². The van der Waals surface area contributed by atoms with Crippen LogP contribution in [0.25, 0.3) is 0 Å². The summed E-state index contributed by atoms with van der Waals surface area (Å²) in [6.45, 7) is 10.0. The number of nitrogens with two attached hydrogens (primary N) is 1. The Kier molecular flexibility index (Phi) is 11.5. The van der Waals surface area contributed by atoms with Crippen LogP contribution in [-0.2, 0) is 0 Å². The molecule has 0 fully saturated rings. The van der Waals surface area contributed by atoms with Gasteiger partial charge in [0.25, 0.3) is 0 Å². The van der Waals surface area contributed by atoms with Crippen LogP contribution >= 0.6 is 11.8 Å². The lowest BCUT2D eigenvalue weighted by Gasteiger charge is -2.32. The summed E-state index contributed by atoms with van der Waals surface area (Å²) >= 11 is 1.94. The first-order valence-corrected chi connectivity index (χ1v) is 8.55. The molecule has 2 N–H and O–H groups in total. The minimum absolute atomic E-state index is 0.591. The molecule has 104 valence electrons. The second-order valence-corrected chi connectivity index (χ2v) is 5.78. The van der Waals surface area contributed by atoms with Gasteiger partial charge in [-0.3, -0.25) is 4.90 Å². The fourth-order valence-corrected chi connectivity index (χ4v) is 2.78. The van der Waals surface area contributed by atoms with Crippen LogP contribution in [0.3, 0.4) is 0 Å². The van der Waals surface area contributed by atoms with Crippen molar-refractivity contribution in [3.63, 3.8) is 0 Å². The van der Waals surface area contributed by atoms with Crippen molar-refractivity contribution in [2.75, 3.05) is 31.6 Å². The highest BCUT2D eigenvalue weighted by atomic mass is 32.2. The Morgan fingerprint density at radius 2 is 1.82 bits per heavy atom. The van der Waals surface area contributed by atoms with E-state index < -0.39 is 0 Å². The van der Waals surface area contributed by atoms with E-state index in [2.05, 4.69) is 31.9 Å². The lowest BCUT2D eigenvalue weighted by Crippen LogP contribution is -2.43. The first-order chi connectivity index (χ1) is 8.23. The fourth-order valence-electron chi connectivity index (χ4n) is 2.33. The van der Waals surface area contributed by atoms with Crippen molar-refractivity contribution in [3.8, 4) is 0 Å². The van der Waals surface area contributed by atoms with E-state index in [4.69, 9.17) is 5.73 Å². The van der Waals surface area contributed by atoms with Crippen LogP contribution in [0.5, 0.6) is 0 Å². The molecule has 0 radical (unpaired) electrons. The average molecular weight is 260 g/mol. The SMILES string of the molecule is CCC(CC)CN(CC)C(CN)CCCSC. The normalized spacial score (nSPS) is 13.6. The summed E-state index contributed by atoms with van der Waals surface area (Å²) in [4.78, 5) is 2.60. The zero-order valence-corrected chi connectivity index (χ0v) is 13.1. The maximum Gasteiger partial charge on any atom is 0.0218 e. The molecule has 0 aromatic heterocycles. The van der Waals surface area contributed by atoms with Crippen LogP contribution in [0.1, 0.15) is 46.5 Å². The van der Waals surface area contributed by atoms with Crippen LogP contribution < -0.4 is 5.73 Å². The van der Waals surface area contributed by atoms with Crippen molar-refractivity contribution in [1.82, 2.24) is 4.90 Å². The monoisotopic (exact) mass is 260 g/mol. The van der Waals surface area contributed by atoms with Crippen molar-refractivity contribution in [1.29, 1.82) is 0 Å². The van der Waals surface area contributed by atoms with Crippen LogP contribution in [0.4, 0.5) is 0 Å². The molecule has 0 amide bonds. The molecule has 0 saturated heterocycles. The topological polar surface area (TPSA) is 29.3 Å². The quantitative estimate of drug-likeness (QED) is 0.578. The Bertz CT molecular complexity index is 160. The third-order valence-electron chi connectivity index (χ3n) is 3.73. The summed E-state index contributed by atoms with van der Waals surface area (Å²) < 4.78 is 0. The summed E-state index contributed by atoms with van der Waals surface area (Å²) in [5.74, 6) is 2.10. The zero-order valence-electron chi connectivity index (χ0n) is 12.2. The second-order valence-electron chi connectivity index (χ2n) is 4.79. The van der Waals surface area contributed by atoms with Gasteiger partial charge in [-0.05, 0) is 37.3 Å². The second kappa shape index (κ2) is 11.4. The van der Waals surface area contributed by atoms with Crippen molar-refractivity contribution >= 4 is 11.8 Å². The largest absolute Gasteiger partial charge is 0.329 e. The molecular formula is C14H32N2S. The molecule has 0 aromatic carbocycles. The molecule has 0 heterocycles. The van der Waals surface area contributed by atoms with E-state index in [1.807, 2.05) is 11.8 Å². The molecule has 0 rings (SSSR count). The minimum atomic E-state index is 0.591. The predicted octanol–water partition coefficient (Wildman–Crippen LogP) is 3.22. The third-order valence-corrected chi connectivity index (χ3v) is 4.42. The Labute approximate surface area is 113 Å². The van der Waals surface area contributed by atoms with Crippen LogP contribution in [0.2, 0.25) is 0 Å². The number of likely N-dealkylation sites (N-methyl/N-ethyl adjacent to an activating group) is 1. The highest BCUT2D eigenvalue weighted by molar-refractivity contribution is 7.98.